The topological polar surface area (TPSA) is 55.1 Å². The summed E-state index contributed by atoms with van der Waals surface area (Å²) in [6.07, 6.45) is 2.42. The van der Waals surface area contributed by atoms with Crippen LogP contribution in [0.25, 0.3) is 5.78 Å². The normalized spacial score (nSPS) is 12.8. The summed E-state index contributed by atoms with van der Waals surface area (Å²) in [4.78, 5) is 10.9. The van der Waals surface area contributed by atoms with E-state index < -0.39 is 0 Å². The number of nitrogens with one attached hydrogen (secondary N) is 1. The molecule has 3 rings (SSSR count). The molecule has 0 saturated heterocycles. The predicted octanol–water partition coefficient (Wildman–Crippen LogP) is 3.19. The Morgan fingerprint density at radius 3 is 3.05 bits per heavy atom. The summed E-state index contributed by atoms with van der Waals surface area (Å²) < 4.78 is 1.65. The first-order valence-electron chi connectivity index (χ1n) is 6.30. The second kappa shape index (κ2) is 5.38. The van der Waals surface area contributed by atoms with Crippen LogP contribution in [0.1, 0.15) is 16.7 Å². The number of fused-ring (bicyclic) bond motifs is 1. The molecule has 20 heavy (non-hydrogen) atoms. The van der Waals surface area contributed by atoms with Crippen molar-refractivity contribution in [2.45, 2.75) is 26.3 Å². The molecule has 0 aliphatic rings. The summed E-state index contributed by atoms with van der Waals surface area (Å²) in [6, 6.07) is 6.34. The van der Waals surface area contributed by atoms with E-state index in [1.54, 1.807) is 10.6 Å². The highest BCUT2D eigenvalue weighted by atomic mass is 35.5. The molecule has 1 N–H and O–H groups in total. The van der Waals surface area contributed by atoms with E-state index in [0.29, 0.717) is 10.9 Å². The molecule has 3 heterocycles. The average molecular weight is 308 g/mol. The highest BCUT2D eigenvalue weighted by Crippen LogP contribution is 2.19. The minimum Gasteiger partial charge on any atom is -0.367 e. The molecule has 0 fully saturated rings. The Morgan fingerprint density at radius 2 is 2.30 bits per heavy atom. The van der Waals surface area contributed by atoms with Crippen LogP contribution in [0, 0.1) is 6.92 Å². The summed E-state index contributed by atoms with van der Waals surface area (Å²) in [5, 5.41) is 7.97. The maximum Gasteiger partial charge on any atom is 0.255 e. The van der Waals surface area contributed by atoms with Crippen molar-refractivity contribution in [3.8, 4) is 0 Å². The smallest absolute Gasteiger partial charge is 0.255 e. The number of aromatic nitrogens is 4. The van der Waals surface area contributed by atoms with E-state index in [2.05, 4.69) is 46.4 Å². The fourth-order valence-corrected chi connectivity index (χ4v) is 3.28. The van der Waals surface area contributed by atoms with Gasteiger partial charge >= 0.3 is 0 Å². The fraction of sp³-hybridized carbons (Fsp3) is 0.308. The molecule has 0 amide bonds. The van der Waals surface area contributed by atoms with Crippen LogP contribution in [0.5, 0.6) is 0 Å². The van der Waals surface area contributed by atoms with Crippen LogP contribution in [0.15, 0.2) is 24.5 Å². The summed E-state index contributed by atoms with van der Waals surface area (Å²) in [5.41, 5.74) is 0. The number of nitrogens with zero attached hydrogens (tertiary/aromatic N) is 4. The fourth-order valence-electron chi connectivity index (χ4n) is 2.09. The van der Waals surface area contributed by atoms with Crippen LogP contribution in [0.2, 0.25) is 5.15 Å². The molecule has 0 aromatic carbocycles. The molecule has 0 saturated carbocycles. The lowest BCUT2D eigenvalue weighted by molar-refractivity contribution is 0.779. The summed E-state index contributed by atoms with van der Waals surface area (Å²) in [5.74, 6) is 1.30. The third-order valence-corrected chi connectivity index (χ3v) is 4.13. The van der Waals surface area contributed by atoms with Gasteiger partial charge in [-0.2, -0.15) is 19.6 Å². The van der Waals surface area contributed by atoms with E-state index >= 15 is 0 Å². The largest absolute Gasteiger partial charge is 0.367 e. The van der Waals surface area contributed by atoms with Gasteiger partial charge in [0.2, 0.25) is 0 Å². The number of aryl methyl sites for hydroxylation is 1. The van der Waals surface area contributed by atoms with Gasteiger partial charge in [-0.05, 0) is 26.0 Å². The Morgan fingerprint density at radius 1 is 1.45 bits per heavy atom. The van der Waals surface area contributed by atoms with Crippen molar-refractivity contribution in [3.05, 3.63) is 39.4 Å². The molecule has 0 spiro atoms. The molecule has 7 heteroatoms. The standard InChI is InChI=1S/C13H14ClN5S/c1-8(5-10-4-3-9(2)20-10)17-12-6-11(14)18-13-15-7-16-19(12)13/h3-4,6-8,17H,5H2,1-2H3. The molecular formula is C13H14ClN5S. The van der Waals surface area contributed by atoms with E-state index in [1.807, 2.05) is 11.3 Å². The number of rotatable bonds is 4. The Bertz CT molecular complexity index is 735. The zero-order valence-electron chi connectivity index (χ0n) is 11.2. The van der Waals surface area contributed by atoms with Gasteiger partial charge in [-0.15, -0.1) is 11.3 Å². The van der Waals surface area contributed by atoms with Crippen molar-refractivity contribution in [3.63, 3.8) is 0 Å². The molecule has 1 atom stereocenters. The maximum atomic E-state index is 6.00. The monoisotopic (exact) mass is 307 g/mol. The van der Waals surface area contributed by atoms with E-state index in [-0.39, 0.29) is 6.04 Å². The minimum atomic E-state index is 0.263. The molecule has 3 aromatic heterocycles. The van der Waals surface area contributed by atoms with Crippen molar-refractivity contribution in [2.75, 3.05) is 5.32 Å². The first-order chi connectivity index (χ1) is 9.61. The van der Waals surface area contributed by atoms with Crippen LogP contribution in [0.3, 0.4) is 0 Å². The van der Waals surface area contributed by atoms with Crippen molar-refractivity contribution in [2.24, 2.45) is 0 Å². The molecule has 0 aliphatic carbocycles. The van der Waals surface area contributed by atoms with Crippen molar-refractivity contribution >= 4 is 34.5 Å². The van der Waals surface area contributed by atoms with Gasteiger partial charge in [0, 0.05) is 28.3 Å². The molecule has 0 aliphatic heterocycles. The lowest BCUT2D eigenvalue weighted by atomic mass is 10.2. The Kier molecular flexibility index (Phi) is 3.58. The second-order valence-electron chi connectivity index (χ2n) is 4.70. The van der Waals surface area contributed by atoms with Crippen LogP contribution in [0.4, 0.5) is 5.82 Å². The van der Waals surface area contributed by atoms with E-state index in [1.165, 1.54) is 16.1 Å². The lowest BCUT2D eigenvalue weighted by Gasteiger charge is -2.15. The van der Waals surface area contributed by atoms with Gasteiger partial charge in [0.25, 0.3) is 5.78 Å². The van der Waals surface area contributed by atoms with Crippen molar-refractivity contribution < 1.29 is 0 Å². The van der Waals surface area contributed by atoms with E-state index in [4.69, 9.17) is 11.6 Å². The molecule has 3 aromatic rings. The van der Waals surface area contributed by atoms with Crippen LogP contribution < -0.4 is 5.32 Å². The highest BCUT2D eigenvalue weighted by molar-refractivity contribution is 7.11. The average Bonchev–Trinajstić information content (AvgIpc) is 2.98. The van der Waals surface area contributed by atoms with E-state index in [9.17, 15) is 0 Å². The van der Waals surface area contributed by atoms with Crippen molar-refractivity contribution in [1.82, 2.24) is 19.6 Å². The first-order valence-corrected chi connectivity index (χ1v) is 7.49. The Hall–Kier alpha value is -1.66. The molecule has 1 unspecified atom stereocenters. The molecule has 5 nitrogen and oxygen atoms in total. The number of halogens is 1. The summed E-state index contributed by atoms with van der Waals surface area (Å²) >= 11 is 7.82. The third-order valence-electron chi connectivity index (χ3n) is 2.92. The molecule has 0 radical (unpaired) electrons. The van der Waals surface area contributed by atoms with Gasteiger partial charge < -0.3 is 5.32 Å². The van der Waals surface area contributed by atoms with E-state index in [0.717, 1.165) is 12.2 Å². The highest BCUT2D eigenvalue weighted by Gasteiger charge is 2.10. The van der Waals surface area contributed by atoms with Gasteiger partial charge in [0.15, 0.2) is 0 Å². The lowest BCUT2D eigenvalue weighted by Crippen LogP contribution is -2.19. The van der Waals surface area contributed by atoms with Gasteiger partial charge in [-0.25, -0.2) is 0 Å². The van der Waals surface area contributed by atoms with Crippen LogP contribution >= 0.6 is 22.9 Å². The zero-order chi connectivity index (χ0) is 14.1. The number of anilines is 1. The first kappa shape index (κ1) is 13.3. The third kappa shape index (κ3) is 2.76. The van der Waals surface area contributed by atoms with Crippen molar-refractivity contribution in [1.29, 1.82) is 0 Å². The number of thiophene rings is 1. The second-order valence-corrected chi connectivity index (χ2v) is 6.46. The quantitative estimate of drug-likeness (QED) is 0.752. The maximum absolute atomic E-state index is 6.00. The summed E-state index contributed by atoms with van der Waals surface area (Å²) in [7, 11) is 0. The zero-order valence-corrected chi connectivity index (χ0v) is 12.7. The molecular weight excluding hydrogens is 294 g/mol. The minimum absolute atomic E-state index is 0.263. The molecule has 104 valence electrons. The van der Waals surface area contributed by atoms with Crippen LogP contribution in [-0.2, 0) is 6.42 Å². The summed E-state index contributed by atoms with van der Waals surface area (Å²) in [6.45, 7) is 4.25. The van der Waals surface area contributed by atoms with Gasteiger partial charge in [0.05, 0.1) is 0 Å². The molecule has 0 bridgehead atoms. The Labute approximate surface area is 125 Å². The van der Waals surface area contributed by atoms with Gasteiger partial charge in [0.1, 0.15) is 17.3 Å². The number of hydrogen-bond acceptors (Lipinski definition) is 5. The van der Waals surface area contributed by atoms with Crippen LogP contribution in [-0.4, -0.2) is 25.6 Å². The predicted molar refractivity (Wildman–Crippen MR) is 81.6 cm³/mol. The number of hydrogen-bond donors (Lipinski definition) is 1. The SMILES string of the molecule is Cc1ccc(CC(C)Nc2cc(Cl)nc3ncnn23)s1. The Balaban J connectivity index is 1.80. The van der Waals surface area contributed by atoms with Gasteiger partial charge in [-0.1, -0.05) is 11.6 Å². The van der Waals surface area contributed by atoms with Gasteiger partial charge in [-0.3, -0.25) is 0 Å².